The average Bonchev–Trinajstić information content (AvgIpc) is 2.80. The van der Waals surface area contributed by atoms with Crippen LogP contribution in [-0.4, -0.2) is 28.2 Å². The van der Waals surface area contributed by atoms with Crippen molar-refractivity contribution in [3.63, 3.8) is 0 Å². The highest BCUT2D eigenvalue weighted by Crippen LogP contribution is 2.29. The molecule has 0 saturated carbocycles. The number of nitrogens with zero attached hydrogens (tertiary/aromatic N) is 4. The van der Waals surface area contributed by atoms with Crippen molar-refractivity contribution in [3.8, 4) is 10.7 Å². The third-order valence-electron chi connectivity index (χ3n) is 2.38. The van der Waals surface area contributed by atoms with Gasteiger partial charge in [0.15, 0.2) is 5.82 Å². The number of primary sulfonamides is 1. The maximum absolute atomic E-state index is 11.5. The van der Waals surface area contributed by atoms with Crippen LogP contribution < -0.4 is 5.14 Å². The Kier molecular flexibility index (Phi) is 3.21. The van der Waals surface area contributed by atoms with Gasteiger partial charge in [-0.05, 0) is 20.8 Å². The predicted molar refractivity (Wildman–Crippen MR) is 67.6 cm³/mol. The molecular weight excluding hydrogens is 274 g/mol. The maximum atomic E-state index is 11.5. The van der Waals surface area contributed by atoms with E-state index in [2.05, 4.69) is 15.2 Å². The van der Waals surface area contributed by atoms with Gasteiger partial charge in [-0.2, -0.15) is 0 Å². The van der Waals surface area contributed by atoms with Crippen molar-refractivity contribution < 1.29 is 8.42 Å². The maximum Gasteiger partial charge on any atom is 0.273 e. The Balaban J connectivity index is 2.72. The summed E-state index contributed by atoms with van der Waals surface area (Å²) in [6.45, 7) is 5.53. The van der Waals surface area contributed by atoms with E-state index in [1.807, 2.05) is 20.8 Å². The molecule has 2 N–H and O–H groups in total. The first-order valence-electron chi connectivity index (χ1n) is 5.20. The van der Waals surface area contributed by atoms with E-state index in [4.69, 9.17) is 5.14 Å². The number of thiazole rings is 1. The van der Waals surface area contributed by atoms with Gasteiger partial charge < -0.3 is 0 Å². The normalized spacial score (nSPS) is 12.3. The molecule has 0 saturated heterocycles. The number of hydrogen-bond donors (Lipinski definition) is 1. The Hall–Kier alpha value is -1.32. The molecule has 0 aliphatic carbocycles. The Morgan fingerprint density at radius 2 is 2.06 bits per heavy atom. The van der Waals surface area contributed by atoms with Crippen LogP contribution in [0.15, 0.2) is 10.7 Å². The average molecular weight is 287 g/mol. The van der Waals surface area contributed by atoms with E-state index in [1.54, 1.807) is 5.51 Å². The van der Waals surface area contributed by atoms with E-state index >= 15 is 0 Å². The molecule has 0 aromatic carbocycles. The van der Waals surface area contributed by atoms with E-state index in [0.717, 1.165) is 10.6 Å². The van der Waals surface area contributed by atoms with Gasteiger partial charge in [-0.25, -0.2) is 18.5 Å². The number of sulfonamides is 1. The summed E-state index contributed by atoms with van der Waals surface area (Å²) in [5.41, 5.74) is 2.47. The molecule has 0 bridgehead atoms. The first-order chi connectivity index (χ1) is 8.32. The number of rotatable bonds is 3. The fourth-order valence-electron chi connectivity index (χ4n) is 1.61. The van der Waals surface area contributed by atoms with Crippen LogP contribution in [0.25, 0.3) is 10.7 Å². The lowest BCUT2D eigenvalue weighted by Crippen LogP contribution is -2.20. The molecule has 0 aliphatic rings. The minimum Gasteiger partial charge on any atom is -0.293 e. The number of hydrogen-bond acceptors (Lipinski definition) is 6. The Morgan fingerprint density at radius 1 is 1.39 bits per heavy atom. The molecule has 0 aliphatic heterocycles. The SMILES string of the molecule is Cc1ncsc1-c1nnc(S(N)(=O)=O)n1C(C)C. The van der Waals surface area contributed by atoms with Crippen molar-refractivity contribution in [2.45, 2.75) is 32.0 Å². The molecule has 2 aromatic heterocycles. The van der Waals surface area contributed by atoms with Crippen LogP contribution in [0, 0.1) is 6.92 Å². The minimum atomic E-state index is -3.89. The largest absolute Gasteiger partial charge is 0.293 e. The molecule has 0 radical (unpaired) electrons. The third-order valence-corrected chi connectivity index (χ3v) is 4.10. The van der Waals surface area contributed by atoms with Crippen molar-refractivity contribution in [1.82, 2.24) is 19.7 Å². The van der Waals surface area contributed by atoms with Crippen LogP contribution in [0.5, 0.6) is 0 Å². The summed E-state index contributed by atoms with van der Waals surface area (Å²) < 4.78 is 24.4. The zero-order chi connectivity index (χ0) is 13.5. The molecule has 18 heavy (non-hydrogen) atoms. The second-order valence-corrected chi connectivity index (χ2v) is 6.39. The summed E-state index contributed by atoms with van der Waals surface area (Å²) in [6.07, 6.45) is 0. The number of aryl methyl sites for hydroxylation is 1. The van der Waals surface area contributed by atoms with Crippen LogP contribution in [0.2, 0.25) is 0 Å². The second-order valence-electron chi connectivity index (χ2n) is 4.08. The molecule has 98 valence electrons. The molecule has 7 nitrogen and oxygen atoms in total. The van der Waals surface area contributed by atoms with Gasteiger partial charge in [0, 0.05) is 6.04 Å². The van der Waals surface area contributed by atoms with Crippen LogP contribution in [0.3, 0.4) is 0 Å². The van der Waals surface area contributed by atoms with Gasteiger partial charge in [0.25, 0.3) is 15.2 Å². The zero-order valence-electron chi connectivity index (χ0n) is 10.2. The zero-order valence-corrected chi connectivity index (χ0v) is 11.8. The van der Waals surface area contributed by atoms with Gasteiger partial charge in [-0.3, -0.25) is 4.57 Å². The van der Waals surface area contributed by atoms with Crippen molar-refractivity contribution in [1.29, 1.82) is 0 Å². The molecule has 0 atom stereocenters. The van der Waals surface area contributed by atoms with Crippen LogP contribution in [0.1, 0.15) is 25.6 Å². The van der Waals surface area contributed by atoms with Crippen molar-refractivity contribution >= 4 is 21.4 Å². The van der Waals surface area contributed by atoms with E-state index in [-0.39, 0.29) is 11.2 Å². The summed E-state index contributed by atoms with van der Waals surface area (Å²) in [4.78, 5) is 4.92. The van der Waals surface area contributed by atoms with E-state index in [9.17, 15) is 8.42 Å². The first kappa shape index (κ1) is 13.1. The first-order valence-corrected chi connectivity index (χ1v) is 7.63. The van der Waals surface area contributed by atoms with Crippen LogP contribution >= 0.6 is 11.3 Å². The van der Waals surface area contributed by atoms with Gasteiger partial charge >= 0.3 is 0 Å². The molecule has 2 rings (SSSR count). The molecule has 2 aromatic rings. The summed E-state index contributed by atoms with van der Waals surface area (Å²) in [5.74, 6) is 0.481. The summed E-state index contributed by atoms with van der Waals surface area (Å²) >= 11 is 1.39. The summed E-state index contributed by atoms with van der Waals surface area (Å²) in [6, 6.07) is -0.121. The third kappa shape index (κ3) is 2.16. The molecule has 0 unspecified atom stereocenters. The summed E-state index contributed by atoms with van der Waals surface area (Å²) in [5, 5.41) is 12.5. The standard InChI is InChI=1S/C9H13N5O2S2/c1-5(2)14-8(7-6(3)11-4-17-7)12-13-9(14)18(10,15)16/h4-5H,1-3H3,(H2,10,15,16). The Labute approximate surface area is 109 Å². The fraction of sp³-hybridized carbons (Fsp3) is 0.444. The van der Waals surface area contributed by atoms with Gasteiger partial charge in [0.1, 0.15) is 0 Å². The van der Waals surface area contributed by atoms with Crippen LogP contribution in [-0.2, 0) is 10.0 Å². The van der Waals surface area contributed by atoms with Gasteiger partial charge in [0.2, 0.25) is 0 Å². The molecular formula is C9H13N5O2S2. The van der Waals surface area contributed by atoms with Gasteiger partial charge in [-0.1, -0.05) is 0 Å². The number of aromatic nitrogens is 4. The lowest BCUT2D eigenvalue weighted by atomic mass is 10.3. The minimum absolute atomic E-state index is 0.121. The Bertz CT molecular complexity index is 671. The highest BCUT2D eigenvalue weighted by Gasteiger charge is 2.25. The Morgan fingerprint density at radius 3 is 2.50 bits per heavy atom. The van der Waals surface area contributed by atoms with E-state index < -0.39 is 10.0 Å². The van der Waals surface area contributed by atoms with Gasteiger partial charge in [-0.15, -0.1) is 21.5 Å². The summed E-state index contributed by atoms with van der Waals surface area (Å²) in [7, 11) is -3.89. The molecule has 0 fully saturated rings. The lowest BCUT2D eigenvalue weighted by Gasteiger charge is -2.12. The van der Waals surface area contributed by atoms with Gasteiger partial charge in [0.05, 0.1) is 16.1 Å². The molecule has 0 spiro atoms. The van der Waals surface area contributed by atoms with Crippen molar-refractivity contribution in [2.24, 2.45) is 5.14 Å². The number of nitrogens with two attached hydrogens (primary N) is 1. The molecule has 0 amide bonds. The lowest BCUT2D eigenvalue weighted by molar-refractivity contribution is 0.525. The molecule has 9 heteroatoms. The molecule has 2 heterocycles. The highest BCUT2D eigenvalue weighted by molar-refractivity contribution is 7.89. The second kappa shape index (κ2) is 4.41. The van der Waals surface area contributed by atoms with E-state index in [0.29, 0.717) is 5.82 Å². The monoisotopic (exact) mass is 287 g/mol. The van der Waals surface area contributed by atoms with Crippen molar-refractivity contribution in [3.05, 3.63) is 11.2 Å². The van der Waals surface area contributed by atoms with Crippen LogP contribution in [0.4, 0.5) is 0 Å². The topological polar surface area (TPSA) is 104 Å². The van der Waals surface area contributed by atoms with Crippen molar-refractivity contribution in [2.75, 3.05) is 0 Å². The highest BCUT2D eigenvalue weighted by atomic mass is 32.2. The smallest absolute Gasteiger partial charge is 0.273 e. The van der Waals surface area contributed by atoms with E-state index in [1.165, 1.54) is 15.9 Å². The quantitative estimate of drug-likeness (QED) is 0.904. The fourth-order valence-corrected chi connectivity index (χ4v) is 3.12. The predicted octanol–water partition coefficient (Wildman–Crippen LogP) is 0.938.